The second-order valence-corrected chi connectivity index (χ2v) is 6.08. The Morgan fingerprint density at radius 1 is 1.32 bits per heavy atom. The van der Waals surface area contributed by atoms with Crippen LogP contribution in [0.5, 0.6) is 5.75 Å². The van der Waals surface area contributed by atoms with Crippen LogP contribution in [0.2, 0.25) is 0 Å². The summed E-state index contributed by atoms with van der Waals surface area (Å²) in [7, 11) is 1.52. The highest BCUT2D eigenvalue weighted by Gasteiger charge is 2.18. The van der Waals surface area contributed by atoms with Crippen molar-refractivity contribution in [1.29, 1.82) is 0 Å². The fourth-order valence-electron chi connectivity index (χ4n) is 1.99. The quantitative estimate of drug-likeness (QED) is 0.867. The number of carbonyl (C=O) groups is 2. The van der Waals surface area contributed by atoms with Crippen molar-refractivity contribution in [3.05, 3.63) is 23.8 Å². The minimum absolute atomic E-state index is 0.0216. The normalized spacial score (nSPS) is 12.4. The fourth-order valence-corrected chi connectivity index (χ4v) is 1.99. The number of hydrogen-bond acceptors (Lipinski definition) is 4. The van der Waals surface area contributed by atoms with Crippen LogP contribution >= 0.6 is 0 Å². The zero-order valence-electron chi connectivity index (χ0n) is 13.6. The Kier molecular flexibility index (Phi) is 5.79. The Morgan fingerprint density at radius 2 is 1.95 bits per heavy atom. The Morgan fingerprint density at radius 3 is 2.45 bits per heavy atom. The number of carbonyl (C=O) groups excluding carboxylic acids is 1. The summed E-state index contributed by atoms with van der Waals surface area (Å²) < 4.78 is 10.4. The Hall–Kier alpha value is -2.24. The van der Waals surface area contributed by atoms with Crippen molar-refractivity contribution in [3.63, 3.8) is 0 Å². The number of ether oxygens (including phenoxy) is 2. The number of methoxy groups -OCH3 is 1. The molecule has 0 aliphatic carbocycles. The number of anilines is 1. The molecular weight excluding hydrogens is 286 g/mol. The molecule has 0 fully saturated rings. The zero-order valence-corrected chi connectivity index (χ0v) is 13.6. The Labute approximate surface area is 130 Å². The first-order chi connectivity index (χ1) is 10.1. The third kappa shape index (κ3) is 5.63. The topological polar surface area (TPSA) is 84.9 Å². The Balaban J connectivity index is 2.94. The highest BCUT2D eigenvalue weighted by atomic mass is 16.6. The molecule has 1 rings (SSSR count). The molecule has 6 nitrogen and oxygen atoms in total. The summed E-state index contributed by atoms with van der Waals surface area (Å²) in [5, 5.41) is 11.6. The molecule has 1 aromatic rings. The number of amides is 1. The van der Waals surface area contributed by atoms with Crippen LogP contribution in [0.25, 0.3) is 0 Å². The monoisotopic (exact) mass is 309 g/mol. The van der Waals surface area contributed by atoms with E-state index in [0.717, 1.165) is 5.56 Å². The van der Waals surface area contributed by atoms with Crippen LogP contribution in [0.15, 0.2) is 18.2 Å². The summed E-state index contributed by atoms with van der Waals surface area (Å²) in [5.41, 5.74) is 0.663. The summed E-state index contributed by atoms with van der Waals surface area (Å²) >= 11 is 0. The lowest BCUT2D eigenvalue weighted by Crippen LogP contribution is -2.27. The molecular formula is C16H23NO5. The lowest BCUT2D eigenvalue weighted by Gasteiger charge is -2.20. The molecule has 0 aliphatic rings. The molecule has 122 valence electrons. The van der Waals surface area contributed by atoms with Gasteiger partial charge in [0.15, 0.2) is 0 Å². The van der Waals surface area contributed by atoms with Crippen LogP contribution in [0, 0.1) is 0 Å². The van der Waals surface area contributed by atoms with Gasteiger partial charge in [0.1, 0.15) is 11.4 Å². The molecule has 0 radical (unpaired) electrons. The highest BCUT2D eigenvalue weighted by molar-refractivity contribution is 5.85. The highest BCUT2D eigenvalue weighted by Crippen LogP contribution is 2.31. The van der Waals surface area contributed by atoms with Crippen LogP contribution in [0.3, 0.4) is 0 Å². The number of carboxylic acids is 1. The summed E-state index contributed by atoms with van der Waals surface area (Å²) in [6.45, 7) is 7.13. The van der Waals surface area contributed by atoms with E-state index in [1.54, 1.807) is 45.9 Å². The van der Waals surface area contributed by atoms with E-state index in [0.29, 0.717) is 11.4 Å². The maximum Gasteiger partial charge on any atom is 0.412 e. The van der Waals surface area contributed by atoms with Gasteiger partial charge in [0.25, 0.3) is 0 Å². The average Bonchev–Trinajstić information content (AvgIpc) is 2.35. The standard InChI is InChI=1S/C16H23NO5/c1-10(8-14(18)19)12-9-11(6-7-13(12)21-5)17-15(20)22-16(2,3)4/h6-7,9-10H,8H2,1-5H3,(H,17,20)(H,18,19). The maximum absolute atomic E-state index is 11.8. The van der Waals surface area contributed by atoms with E-state index >= 15 is 0 Å². The van der Waals surface area contributed by atoms with E-state index < -0.39 is 17.7 Å². The molecule has 1 atom stereocenters. The van der Waals surface area contributed by atoms with Crippen LogP contribution < -0.4 is 10.1 Å². The van der Waals surface area contributed by atoms with Crippen molar-refractivity contribution in [1.82, 2.24) is 0 Å². The van der Waals surface area contributed by atoms with E-state index in [-0.39, 0.29) is 12.3 Å². The van der Waals surface area contributed by atoms with E-state index in [1.165, 1.54) is 7.11 Å². The molecule has 0 aromatic heterocycles. The van der Waals surface area contributed by atoms with Crippen LogP contribution in [0.1, 0.15) is 45.6 Å². The zero-order chi connectivity index (χ0) is 16.9. The van der Waals surface area contributed by atoms with Crippen molar-refractivity contribution in [2.75, 3.05) is 12.4 Å². The van der Waals surface area contributed by atoms with E-state index in [2.05, 4.69) is 5.32 Å². The second-order valence-electron chi connectivity index (χ2n) is 6.08. The predicted molar refractivity (Wildman–Crippen MR) is 83.5 cm³/mol. The van der Waals surface area contributed by atoms with Gasteiger partial charge >= 0.3 is 12.1 Å². The molecule has 1 aromatic carbocycles. The first kappa shape index (κ1) is 17.8. The largest absolute Gasteiger partial charge is 0.496 e. The van der Waals surface area contributed by atoms with Crippen LogP contribution in [0.4, 0.5) is 10.5 Å². The summed E-state index contributed by atoms with van der Waals surface area (Å²) in [4.78, 5) is 22.7. The second kappa shape index (κ2) is 7.15. The average molecular weight is 309 g/mol. The SMILES string of the molecule is COc1ccc(NC(=O)OC(C)(C)C)cc1C(C)CC(=O)O. The molecule has 0 heterocycles. The molecule has 6 heteroatoms. The molecule has 1 amide bonds. The first-order valence-corrected chi connectivity index (χ1v) is 7.02. The molecule has 0 saturated carbocycles. The Bertz CT molecular complexity index is 548. The molecule has 22 heavy (non-hydrogen) atoms. The van der Waals surface area contributed by atoms with E-state index in [1.807, 2.05) is 0 Å². The molecule has 2 N–H and O–H groups in total. The predicted octanol–water partition coefficient (Wildman–Crippen LogP) is 3.62. The lowest BCUT2D eigenvalue weighted by molar-refractivity contribution is -0.137. The van der Waals surface area contributed by atoms with Gasteiger partial charge in [-0.25, -0.2) is 4.79 Å². The van der Waals surface area contributed by atoms with Gasteiger partial charge in [-0.05, 0) is 50.5 Å². The van der Waals surface area contributed by atoms with Gasteiger partial charge in [-0.2, -0.15) is 0 Å². The summed E-state index contributed by atoms with van der Waals surface area (Å²) in [6, 6.07) is 5.08. The van der Waals surface area contributed by atoms with Gasteiger partial charge in [-0.3, -0.25) is 10.1 Å². The maximum atomic E-state index is 11.8. The van der Waals surface area contributed by atoms with Gasteiger partial charge in [-0.1, -0.05) is 6.92 Å². The van der Waals surface area contributed by atoms with Gasteiger partial charge in [0, 0.05) is 5.69 Å². The van der Waals surface area contributed by atoms with Gasteiger partial charge < -0.3 is 14.6 Å². The fraction of sp³-hybridized carbons (Fsp3) is 0.500. The van der Waals surface area contributed by atoms with E-state index in [4.69, 9.17) is 14.6 Å². The van der Waals surface area contributed by atoms with Crippen molar-refractivity contribution in [3.8, 4) is 5.75 Å². The number of aliphatic carboxylic acids is 1. The molecule has 0 saturated heterocycles. The number of rotatable bonds is 5. The van der Waals surface area contributed by atoms with Crippen molar-refractivity contribution in [2.24, 2.45) is 0 Å². The third-order valence-corrected chi connectivity index (χ3v) is 2.89. The number of nitrogens with one attached hydrogen (secondary N) is 1. The molecule has 0 aliphatic heterocycles. The van der Waals surface area contributed by atoms with Crippen molar-refractivity contribution in [2.45, 2.75) is 45.6 Å². The molecule has 1 unspecified atom stereocenters. The van der Waals surface area contributed by atoms with Gasteiger partial charge in [0.2, 0.25) is 0 Å². The third-order valence-electron chi connectivity index (χ3n) is 2.89. The number of carboxylic acid groups (broad SMARTS) is 1. The van der Waals surface area contributed by atoms with Crippen LogP contribution in [-0.4, -0.2) is 29.9 Å². The first-order valence-electron chi connectivity index (χ1n) is 7.02. The van der Waals surface area contributed by atoms with Crippen LogP contribution in [-0.2, 0) is 9.53 Å². The summed E-state index contributed by atoms with van der Waals surface area (Å²) in [5.74, 6) is -0.545. The van der Waals surface area contributed by atoms with Gasteiger partial charge in [0.05, 0.1) is 13.5 Å². The van der Waals surface area contributed by atoms with Crippen molar-refractivity contribution < 1.29 is 24.2 Å². The molecule has 0 spiro atoms. The van der Waals surface area contributed by atoms with Crippen molar-refractivity contribution >= 4 is 17.7 Å². The smallest absolute Gasteiger partial charge is 0.412 e. The van der Waals surface area contributed by atoms with E-state index in [9.17, 15) is 9.59 Å². The lowest BCUT2D eigenvalue weighted by atomic mass is 9.96. The summed E-state index contributed by atoms with van der Waals surface area (Å²) in [6.07, 6.45) is -0.582. The number of hydrogen-bond donors (Lipinski definition) is 2. The minimum Gasteiger partial charge on any atom is -0.496 e. The number of benzene rings is 1. The minimum atomic E-state index is -0.889. The van der Waals surface area contributed by atoms with Gasteiger partial charge in [-0.15, -0.1) is 0 Å². The molecule has 0 bridgehead atoms.